The minimum atomic E-state index is -0.181. The normalized spacial score (nSPS) is 10.9. The summed E-state index contributed by atoms with van der Waals surface area (Å²) in [6.07, 6.45) is 2.15. The van der Waals surface area contributed by atoms with Gasteiger partial charge in [-0.3, -0.25) is 4.79 Å². The molecule has 8 heteroatoms. The van der Waals surface area contributed by atoms with Crippen LogP contribution in [0.4, 0.5) is 11.4 Å². The van der Waals surface area contributed by atoms with Gasteiger partial charge in [0.2, 0.25) is 0 Å². The van der Waals surface area contributed by atoms with E-state index in [4.69, 9.17) is 28.3 Å². The molecule has 0 amide bonds. The third kappa shape index (κ3) is 4.83. The Labute approximate surface area is 195 Å². The van der Waals surface area contributed by atoms with Crippen molar-refractivity contribution in [3.8, 4) is 5.69 Å². The first-order chi connectivity index (χ1) is 15.4. The number of aryl methyl sites for hydroxylation is 1. The predicted molar refractivity (Wildman–Crippen MR) is 127 cm³/mol. The van der Waals surface area contributed by atoms with Crippen molar-refractivity contribution in [1.82, 2.24) is 15.0 Å². The lowest BCUT2D eigenvalue weighted by Crippen LogP contribution is -2.07. The fraction of sp³-hybridized carbons (Fsp3) is 0.125. The molecule has 0 spiro atoms. The van der Waals surface area contributed by atoms with Crippen molar-refractivity contribution in [2.45, 2.75) is 13.3 Å². The minimum Gasteiger partial charge on any atom is -0.396 e. The van der Waals surface area contributed by atoms with Crippen molar-refractivity contribution in [3.63, 3.8) is 0 Å². The Hall–Kier alpha value is -3.19. The Kier molecular flexibility index (Phi) is 6.55. The highest BCUT2D eigenvalue weighted by molar-refractivity contribution is 6.35. The number of hydrogen-bond donors (Lipinski definition) is 2. The Balaban J connectivity index is 1.60. The van der Waals surface area contributed by atoms with Crippen LogP contribution in [0.5, 0.6) is 0 Å². The fourth-order valence-corrected chi connectivity index (χ4v) is 3.76. The van der Waals surface area contributed by atoms with Gasteiger partial charge in [0.1, 0.15) is 0 Å². The summed E-state index contributed by atoms with van der Waals surface area (Å²) in [5, 5.41) is 21.4. The van der Waals surface area contributed by atoms with E-state index in [1.807, 2.05) is 31.2 Å². The second-order valence-electron chi connectivity index (χ2n) is 7.29. The first kappa shape index (κ1) is 22.0. The first-order valence-electron chi connectivity index (χ1n) is 9.94. The van der Waals surface area contributed by atoms with Gasteiger partial charge in [0.15, 0.2) is 5.78 Å². The molecule has 0 saturated heterocycles. The number of ketones is 1. The molecule has 0 aliphatic heterocycles. The van der Waals surface area contributed by atoms with Gasteiger partial charge in [-0.1, -0.05) is 40.5 Å². The molecule has 0 aliphatic rings. The molecule has 6 nitrogen and oxygen atoms in total. The molecule has 0 unspecified atom stereocenters. The van der Waals surface area contributed by atoms with Crippen molar-refractivity contribution >= 4 is 40.4 Å². The van der Waals surface area contributed by atoms with Gasteiger partial charge in [0, 0.05) is 40.6 Å². The molecule has 32 heavy (non-hydrogen) atoms. The van der Waals surface area contributed by atoms with Gasteiger partial charge in [0.05, 0.1) is 22.6 Å². The van der Waals surface area contributed by atoms with Gasteiger partial charge in [-0.15, -0.1) is 5.10 Å². The maximum Gasteiger partial charge on any atom is 0.194 e. The summed E-state index contributed by atoms with van der Waals surface area (Å²) in [7, 11) is 0. The number of anilines is 2. The van der Waals surface area contributed by atoms with Gasteiger partial charge in [-0.05, 0) is 61.0 Å². The number of nitrogens with one attached hydrogen (secondary N) is 1. The Morgan fingerprint density at radius 3 is 2.59 bits per heavy atom. The van der Waals surface area contributed by atoms with Crippen LogP contribution < -0.4 is 5.32 Å². The third-order valence-corrected chi connectivity index (χ3v) is 5.51. The van der Waals surface area contributed by atoms with E-state index in [0.29, 0.717) is 39.0 Å². The van der Waals surface area contributed by atoms with E-state index in [1.54, 1.807) is 47.3 Å². The number of nitrogens with zero attached hydrogens (tertiary/aromatic N) is 3. The zero-order valence-electron chi connectivity index (χ0n) is 17.2. The number of rotatable bonds is 7. The van der Waals surface area contributed by atoms with E-state index in [9.17, 15) is 4.79 Å². The van der Waals surface area contributed by atoms with Crippen LogP contribution in [0.3, 0.4) is 0 Å². The fourth-order valence-electron chi connectivity index (χ4n) is 3.31. The molecule has 0 bridgehead atoms. The lowest BCUT2D eigenvalue weighted by Gasteiger charge is -2.12. The number of carbonyl (C=O) groups excluding carboxylic acids is 1. The topological polar surface area (TPSA) is 80.0 Å². The molecule has 4 rings (SSSR count). The Morgan fingerprint density at radius 1 is 1.03 bits per heavy atom. The molecular weight excluding hydrogens is 447 g/mol. The zero-order valence-corrected chi connectivity index (χ0v) is 18.7. The lowest BCUT2D eigenvalue weighted by atomic mass is 9.98. The van der Waals surface area contributed by atoms with E-state index in [0.717, 1.165) is 16.9 Å². The molecule has 0 atom stereocenters. The van der Waals surface area contributed by atoms with Gasteiger partial charge in [-0.2, -0.15) is 0 Å². The van der Waals surface area contributed by atoms with Crippen molar-refractivity contribution < 1.29 is 9.90 Å². The summed E-state index contributed by atoms with van der Waals surface area (Å²) in [5.74, 6) is -0.181. The molecule has 1 aromatic heterocycles. The van der Waals surface area contributed by atoms with Crippen LogP contribution in [0.25, 0.3) is 5.69 Å². The van der Waals surface area contributed by atoms with E-state index >= 15 is 0 Å². The number of aromatic nitrogens is 3. The minimum absolute atomic E-state index is 0.00299. The van der Waals surface area contributed by atoms with Crippen LogP contribution in [0, 0.1) is 6.92 Å². The predicted octanol–water partition coefficient (Wildman–Crippen LogP) is 5.39. The monoisotopic (exact) mass is 466 g/mol. The molecule has 0 aliphatic carbocycles. The second kappa shape index (κ2) is 9.53. The quantitative estimate of drug-likeness (QED) is 0.356. The van der Waals surface area contributed by atoms with Crippen molar-refractivity contribution in [2.24, 2.45) is 0 Å². The van der Waals surface area contributed by atoms with Crippen LogP contribution in [-0.4, -0.2) is 32.5 Å². The van der Waals surface area contributed by atoms with Gasteiger partial charge >= 0.3 is 0 Å². The first-order valence-corrected chi connectivity index (χ1v) is 10.7. The molecule has 3 aromatic carbocycles. The second-order valence-corrected chi connectivity index (χ2v) is 8.13. The van der Waals surface area contributed by atoms with Gasteiger partial charge in [-0.25, -0.2) is 4.68 Å². The molecule has 0 fully saturated rings. The van der Waals surface area contributed by atoms with Crippen LogP contribution in [0.15, 0.2) is 66.9 Å². The summed E-state index contributed by atoms with van der Waals surface area (Å²) in [6.45, 7) is 1.87. The van der Waals surface area contributed by atoms with Crippen LogP contribution in [-0.2, 0) is 6.42 Å². The standard InChI is InChI=1S/C24H20Cl2N4O2/c1-15-5-7-20(30-14-19(9-10-31)28-29-30)13-22(15)24(32)21-8-6-18(12-23(21)26)27-17-4-2-3-16(25)11-17/h2-8,11-14,27,31H,9-10H2,1H3. The highest BCUT2D eigenvalue weighted by atomic mass is 35.5. The van der Waals surface area contributed by atoms with Gasteiger partial charge < -0.3 is 10.4 Å². The number of benzene rings is 3. The van der Waals surface area contributed by atoms with Crippen LogP contribution >= 0.6 is 23.2 Å². The average Bonchev–Trinajstić information content (AvgIpc) is 3.23. The van der Waals surface area contributed by atoms with Crippen molar-refractivity contribution in [1.29, 1.82) is 0 Å². The highest BCUT2D eigenvalue weighted by Crippen LogP contribution is 2.28. The Morgan fingerprint density at radius 2 is 1.84 bits per heavy atom. The molecule has 4 aromatic rings. The van der Waals surface area contributed by atoms with Gasteiger partial charge in [0.25, 0.3) is 0 Å². The maximum absolute atomic E-state index is 13.3. The number of carbonyl (C=O) groups is 1. The summed E-state index contributed by atoms with van der Waals surface area (Å²) >= 11 is 12.5. The summed E-state index contributed by atoms with van der Waals surface area (Å²) < 4.78 is 1.58. The molecule has 1 heterocycles. The molecular formula is C24H20Cl2N4O2. The number of aliphatic hydroxyl groups excluding tert-OH is 1. The average molecular weight is 467 g/mol. The molecule has 2 N–H and O–H groups in total. The summed E-state index contributed by atoms with van der Waals surface area (Å²) in [6, 6.07) is 18.1. The van der Waals surface area contributed by atoms with E-state index in [2.05, 4.69) is 15.6 Å². The number of aliphatic hydroxyl groups is 1. The third-order valence-electron chi connectivity index (χ3n) is 4.97. The summed E-state index contributed by atoms with van der Waals surface area (Å²) in [4.78, 5) is 13.3. The van der Waals surface area contributed by atoms with E-state index in [1.165, 1.54) is 0 Å². The van der Waals surface area contributed by atoms with Crippen LogP contribution in [0.2, 0.25) is 10.0 Å². The van der Waals surface area contributed by atoms with Crippen molar-refractivity contribution in [3.05, 3.63) is 99.3 Å². The van der Waals surface area contributed by atoms with Crippen molar-refractivity contribution in [2.75, 3.05) is 11.9 Å². The lowest BCUT2D eigenvalue weighted by molar-refractivity contribution is 0.103. The van der Waals surface area contributed by atoms with Crippen LogP contribution in [0.1, 0.15) is 27.2 Å². The summed E-state index contributed by atoms with van der Waals surface area (Å²) in [5.41, 5.74) is 4.70. The van der Waals surface area contributed by atoms with E-state index in [-0.39, 0.29) is 12.4 Å². The number of halogens is 2. The highest BCUT2D eigenvalue weighted by Gasteiger charge is 2.17. The maximum atomic E-state index is 13.3. The number of hydrogen-bond acceptors (Lipinski definition) is 5. The van der Waals surface area contributed by atoms with E-state index < -0.39 is 0 Å². The SMILES string of the molecule is Cc1ccc(-n2cc(CCO)nn2)cc1C(=O)c1ccc(Nc2cccc(Cl)c2)cc1Cl. The molecule has 162 valence electrons. The molecule has 0 radical (unpaired) electrons. The smallest absolute Gasteiger partial charge is 0.194 e. The zero-order chi connectivity index (χ0) is 22.7. The Bertz CT molecular complexity index is 1290. The molecule has 0 saturated carbocycles. The largest absolute Gasteiger partial charge is 0.396 e.